The number of ether oxygens (including phenoxy) is 1. The molecule has 0 saturated heterocycles. The maximum absolute atomic E-state index is 11.1. The zero-order chi connectivity index (χ0) is 14.1. The molecule has 0 bridgehead atoms. The average Bonchev–Trinajstić information content (AvgIpc) is 2.85. The fraction of sp³-hybridized carbons (Fsp3) is 0. The van der Waals surface area contributed by atoms with Gasteiger partial charge in [0.05, 0.1) is 0 Å². The highest BCUT2D eigenvalue weighted by atomic mass is 35.5. The van der Waals surface area contributed by atoms with Gasteiger partial charge in [-0.25, -0.2) is 4.79 Å². The molecule has 1 N–H and O–H groups in total. The summed E-state index contributed by atoms with van der Waals surface area (Å²) in [6, 6.07) is 7.34. The molecule has 9 heteroatoms. The Bertz CT molecular complexity index is 804. The van der Waals surface area contributed by atoms with Crippen LogP contribution in [0.25, 0.3) is 5.65 Å². The Kier molecular flexibility index (Phi) is 2.92. The number of carboxylic acids is 1. The first-order chi connectivity index (χ1) is 9.63. The van der Waals surface area contributed by atoms with Crippen molar-refractivity contribution in [1.29, 1.82) is 0 Å². The molecule has 2 heterocycles. The first-order valence-electron chi connectivity index (χ1n) is 5.39. The molecule has 100 valence electrons. The van der Waals surface area contributed by atoms with E-state index in [1.807, 2.05) is 0 Å². The van der Waals surface area contributed by atoms with Crippen LogP contribution in [-0.4, -0.2) is 36.3 Å². The summed E-state index contributed by atoms with van der Waals surface area (Å²) < 4.78 is 6.60. The summed E-state index contributed by atoms with van der Waals surface area (Å²) in [5, 5.41) is 24.2. The number of carboxylic acid groups (broad SMARTS) is 1. The van der Waals surface area contributed by atoms with Crippen LogP contribution in [-0.2, 0) is 0 Å². The second-order valence-corrected chi connectivity index (χ2v) is 4.18. The van der Waals surface area contributed by atoms with Gasteiger partial charge in [0.1, 0.15) is 11.3 Å². The molecule has 0 fully saturated rings. The van der Waals surface area contributed by atoms with Crippen LogP contribution in [0, 0.1) is 0 Å². The molecule has 0 atom stereocenters. The largest absolute Gasteiger partial charge is 0.478 e. The van der Waals surface area contributed by atoms with E-state index in [0.717, 1.165) is 0 Å². The highest BCUT2D eigenvalue weighted by molar-refractivity contribution is 6.30. The number of benzene rings is 1. The van der Waals surface area contributed by atoms with Gasteiger partial charge in [0.15, 0.2) is 5.65 Å². The third-order valence-corrected chi connectivity index (χ3v) is 2.67. The molecule has 8 nitrogen and oxygen atoms in total. The van der Waals surface area contributed by atoms with Gasteiger partial charge in [-0.2, -0.15) is 0 Å². The van der Waals surface area contributed by atoms with E-state index in [4.69, 9.17) is 21.4 Å². The number of tetrazole rings is 1. The summed E-state index contributed by atoms with van der Waals surface area (Å²) in [4.78, 5) is 11.1. The number of nitrogens with zero attached hydrogens (tertiary/aromatic N) is 5. The predicted octanol–water partition coefficient (Wildman–Crippen LogP) is 1.66. The number of hydrogen-bond donors (Lipinski definition) is 1. The average molecular weight is 292 g/mol. The Balaban J connectivity index is 2.01. The predicted molar refractivity (Wildman–Crippen MR) is 67.1 cm³/mol. The van der Waals surface area contributed by atoms with Gasteiger partial charge in [-0.1, -0.05) is 11.6 Å². The van der Waals surface area contributed by atoms with Crippen LogP contribution in [0.4, 0.5) is 0 Å². The zero-order valence-corrected chi connectivity index (χ0v) is 10.5. The molecule has 0 aliphatic carbocycles. The molecule has 0 spiro atoms. The van der Waals surface area contributed by atoms with E-state index >= 15 is 0 Å². The third kappa shape index (κ3) is 2.24. The van der Waals surface area contributed by atoms with Crippen LogP contribution in [0.5, 0.6) is 11.6 Å². The van der Waals surface area contributed by atoms with E-state index in [1.165, 1.54) is 28.9 Å². The molecular formula is C11H6ClN5O3. The van der Waals surface area contributed by atoms with Crippen molar-refractivity contribution in [2.24, 2.45) is 0 Å². The van der Waals surface area contributed by atoms with Crippen LogP contribution in [0.1, 0.15) is 10.4 Å². The van der Waals surface area contributed by atoms with Gasteiger partial charge in [-0.05, 0) is 28.6 Å². The number of fused-ring (bicyclic) bond motifs is 1. The van der Waals surface area contributed by atoms with E-state index in [2.05, 4.69) is 20.6 Å². The standard InChI is InChI=1S/C11H6ClN5O3/c12-6-1-2-7(11(18)19)8(5-6)20-10-4-3-9-13-15-16-17(9)14-10/h1-5H,(H,18,19). The molecule has 0 unspecified atom stereocenters. The van der Waals surface area contributed by atoms with E-state index in [-0.39, 0.29) is 17.2 Å². The molecule has 0 radical (unpaired) electrons. The van der Waals surface area contributed by atoms with Crippen LogP contribution >= 0.6 is 11.6 Å². The summed E-state index contributed by atoms with van der Waals surface area (Å²) in [5.41, 5.74) is 0.426. The molecule has 0 aliphatic heterocycles. The summed E-state index contributed by atoms with van der Waals surface area (Å²) in [6.07, 6.45) is 0. The Labute approximate surface area is 116 Å². The van der Waals surface area contributed by atoms with E-state index in [1.54, 1.807) is 6.07 Å². The number of carbonyl (C=O) groups is 1. The van der Waals surface area contributed by atoms with Gasteiger partial charge in [-0.15, -0.1) is 14.8 Å². The Morgan fingerprint density at radius 2 is 2.15 bits per heavy atom. The minimum Gasteiger partial charge on any atom is -0.478 e. The van der Waals surface area contributed by atoms with Crippen LogP contribution < -0.4 is 4.74 Å². The van der Waals surface area contributed by atoms with Crippen molar-refractivity contribution in [3.05, 3.63) is 40.9 Å². The van der Waals surface area contributed by atoms with Crippen molar-refractivity contribution in [1.82, 2.24) is 25.3 Å². The molecule has 3 rings (SSSR count). The molecule has 0 aliphatic rings. The fourth-order valence-electron chi connectivity index (χ4n) is 1.56. The van der Waals surface area contributed by atoms with Crippen LogP contribution in [0.2, 0.25) is 5.02 Å². The molecular weight excluding hydrogens is 286 g/mol. The second-order valence-electron chi connectivity index (χ2n) is 3.75. The summed E-state index contributed by atoms with van der Waals surface area (Å²) in [5.74, 6) is -0.889. The SMILES string of the molecule is O=C(O)c1ccc(Cl)cc1Oc1ccc2nnnn2n1. The van der Waals surface area contributed by atoms with E-state index in [0.29, 0.717) is 10.7 Å². The molecule has 0 saturated carbocycles. The number of rotatable bonds is 3. The highest BCUT2D eigenvalue weighted by Crippen LogP contribution is 2.27. The lowest BCUT2D eigenvalue weighted by Gasteiger charge is -2.07. The van der Waals surface area contributed by atoms with Crippen molar-refractivity contribution in [3.63, 3.8) is 0 Å². The van der Waals surface area contributed by atoms with Crippen molar-refractivity contribution in [3.8, 4) is 11.6 Å². The lowest BCUT2D eigenvalue weighted by Crippen LogP contribution is -2.02. The first-order valence-corrected chi connectivity index (χ1v) is 5.77. The van der Waals surface area contributed by atoms with Gasteiger partial charge >= 0.3 is 5.97 Å². The summed E-state index contributed by atoms with van der Waals surface area (Å²) >= 11 is 5.83. The minimum absolute atomic E-state index is 0.0204. The highest BCUT2D eigenvalue weighted by Gasteiger charge is 2.13. The zero-order valence-electron chi connectivity index (χ0n) is 9.76. The monoisotopic (exact) mass is 291 g/mol. The quantitative estimate of drug-likeness (QED) is 0.782. The molecule has 1 aromatic carbocycles. The maximum atomic E-state index is 11.1. The Morgan fingerprint density at radius 3 is 2.95 bits per heavy atom. The van der Waals surface area contributed by atoms with Crippen molar-refractivity contribution >= 4 is 23.2 Å². The first kappa shape index (κ1) is 12.3. The van der Waals surface area contributed by atoms with Gasteiger partial charge < -0.3 is 9.84 Å². The minimum atomic E-state index is -1.12. The fourth-order valence-corrected chi connectivity index (χ4v) is 1.72. The number of aromatic nitrogens is 5. The molecule has 2 aromatic heterocycles. The van der Waals surface area contributed by atoms with E-state index < -0.39 is 5.97 Å². The van der Waals surface area contributed by atoms with Crippen molar-refractivity contribution < 1.29 is 14.6 Å². The molecule has 20 heavy (non-hydrogen) atoms. The maximum Gasteiger partial charge on any atom is 0.339 e. The Hall–Kier alpha value is -2.74. The third-order valence-electron chi connectivity index (χ3n) is 2.43. The van der Waals surface area contributed by atoms with Gasteiger partial charge in [0, 0.05) is 17.2 Å². The van der Waals surface area contributed by atoms with E-state index in [9.17, 15) is 4.79 Å². The van der Waals surface area contributed by atoms with Crippen LogP contribution in [0.3, 0.4) is 0 Å². The normalized spacial score (nSPS) is 10.7. The second kappa shape index (κ2) is 4.74. The summed E-state index contributed by atoms with van der Waals surface area (Å²) in [6.45, 7) is 0. The Morgan fingerprint density at radius 1 is 1.30 bits per heavy atom. The molecule has 3 aromatic rings. The number of aromatic carboxylic acids is 1. The number of halogens is 1. The van der Waals surface area contributed by atoms with Gasteiger partial charge in [-0.3, -0.25) is 0 Å². The lowest BCUT2D eigenvalue weighted by molar-refractivity contribution is 0.0694. The topological polar surface area (TPSA) is 102 Å². The van der Waals surface area contributed by atoms with Gasteiger partial charge in [0.25, 0.3) is 0 Å². The smallest absolute Gasteiger partial charge is 0.339 e. The molecule has 0 amide bonds. The van der Waals surface area contributed by atoms with Crippen molar-refractivity contribution in [2.75, 3.05) is 0 Å². The van der Waals surface area contributed by atoms with Crippen molar-refractivity contribution in [2.45, 2.75) is 0 Å². The lowest BCUT2D eigenvalue weighted by atomic mass is 10.2. The summed E-state index contributed by atoms with van der Waals surface area (Å²) in [7, 11) is 0. The van der Waals surface area contributed by atoms with Crippen LogP contribution in [0.15, 0.2) is 30.3 Å². The number of hydrogen-bond acceptors (Lipinski definition) is 6. The van der Waals surface area contributed by atoms with Gasteiger partial charge in [0.2, 0.25) is 5.88 Å².